The second-order valence-corrected chi connectivity index (χ2v) is 4.20. The number of aromatic amines is 1. The Balaban J connectivity index is 1.80. The third kappa shape index (κ3) is 3.74. The summed E-state index contributed by atoms with van der Waals surface area (Å²) in [5.74, 6) is -0.142. The first-order chi connectivity index (χ1) is 9.15. The molecule has 0 aliphatic rings. The van der Waals surface area contributed by atoms with E-state index in [-0.39, 0.29) is 24.0 Å². The first kappa shape index (κ1) is 12.9. The number of aromatic nitrogens is 2. The topological polar surface area (TPSA) is 98.2 Å². The van der Waals surface area contributed by atoms with Crippen LogP contribution in [0, 0.1) is 0 Å². The van der Waals surface area contributed by atoms with E-state index in [1.165, 1.54) is 12.1 Å². The van der Waals surface area contributed by atoms with Gasteiger partial charge in [-0.05, 0) is 24.1 Å². The number of carbonyl (C=O) groups excluding carboxylic acids is 1. The first-order valence-electron chi connectivity index (χ1n) is 5.90. The van der Waals surface area contributed by atoms with Gasteiger partial charge in [0.15, 0.2) is 0 Å². The lowest BCUT2D eigenvalue weighted by Crippen LogP contribution is -2.22. The van der Waals surface area contributed by atoms with E-state index in [0.717, 1.165) is 5.56 Å². The number of amides is 1. The molecule has 6 nitrogen and oxygen atoms in total. The van der Waals surface area contributed by atoms with Crippen LogP contribution in [0.25, 0.3) is 0 Å². The molecule has 1 aromatic carbocycles. The van der Waals surface area contributed by atoms with Crippen molar-refractivity contribution >= 4 is 5.91 Å². The second-order valence-electron chi connectivity index (χ2n) is 4.20. The number of aromatic hydroxyl groups is 2. The molecule has 1 amide bonds. The van der Waals surface area contributed by atoms with Crippen LogP contribution in [-0.2, 0) is 17.8 Å². The molecule has 0 unspecified atom stereocenters. The van der Waals surface area contributed by atoms with Crippen LogP contribution in [0.5, 0.6) is 11.5 Å². The van der Waals surface area contributed by atoms with E-state index in [1.54, 1.807) is 18.5 Å². The van der Waals surface area contributed by atoms with Gasteiger partial charge in [0.1, 0.15) is 11.5 Å². The van der Waals surface area contributed by atoms with Gasteiger partial charge < -0.3 is 15.5 Å². The van der Waals surface area contributed by atoms with Crippen molar-refractivity contribution in [2.24, 2.45) is 0 Å². The van der Waals surface area contributed by atoms with Gasteiger partial charge in [-0.2, -0.15) is 5.10 Å². The molecule has 0 bridgehead atoms. The highest BCUT2D eigenvalue weighted by Gasteiger charge is 2.06. The van der Waals surface area contributed by atoms with Crippen molar-refractivity contribution < 1.29 is 15.0 Å². The van der Waals surface area contributed by atoms with E-state index in [1.807, 2.05) is 0 Å². The van der Waals surface area contributed by atoms with Crippen molar-refractivity contribution in [3.8, 4) is 11.5 Å². The predicted octanol–water partition coefficient (Wildman–Crippen LogP) is 1.07. The van der Waals surface area contributed by atoms with Gasteiger partial charge in [0.05, 0.1) is 6.20 Å². The maximum atomic E-state index is 11.6. The summed E-state index contributed by atoms with van der Waals surface area (Å²) in [6.45, 7) is 0.232. The molecule has 0 aliphatic carbocycles. The lowest BCUT2D eigenvalue weighted by Gasteiger charge is -2.07. The molecular weight excluding hydrogens is 246 g/mol. The minimum absolute atomic E-state index is 0.00691. The average molecular weight is 261 g/mol. The Morgan fingerprint density at radius 2 is 2.21 bits per heavy atom. The number of nitrogens with one attached hydrogen (secondary N) is 2. The number of carbonyl (C=O) groups is 1. The fourth-order valence-corrected chi connectivity index (χ4v) is 1.66. The van der Waals surface area contributed by atoms with Crippen molar-refractivity contribution in [3.05, 3.63) is 41.7 Å². The number of hydrogen-bond acceptors (Lipinski definition) is 4. The molecule has 1 heterocycles. The SMILES string of the molecule is O=C(CCc1cn[nH]c1)NCc1ccc(O)cc1O. The molecule has 2 rings (SSSR count). The van der Waals surface area contributed by atoms with Crippen LogP contribution in [0.15, 0.2) is 30.6 Å². The zero-order valence-corrected chi connectivity index (χ0v) is 10.3. The lowest BCUT2D eigenvalue weighted by atomic mass is 10.1. The highest BCUT2D eigenvalue weighted by molar-refractivity contribution is 5.76. The van der Waals surface area contributed by atoms with E-state index in [0.29, 0.717) is 18.4 Å². The zero-order valence-electron chi connectivity index (χ0n) is 10.3. The largest absolute Gasteiger partial charge is 0.508 e. The fourth-order valence-electron chi connectivity index (χ4n) is 1.66. The minimum Gasteiger partial charge on any atom is -0.508 e. The van der Waals surface area contributed by atoms with Gasteiger partial charge in [-0.1, -0.05) is 0 Å². The first-order valence-corrected chi connectivity index (χ1v) is 5.90. The van der Waals surface area contributed by atoms with Crippen LogP contribution in [-0.4, -0.2) is 26.3 Å². The van der Waals surface area contributed by atoms with Crippen molar-refractivity contribution in [1.82, 2.24) is 15.5 Å². The van der Waals surface area contributed by atoms with Crippen LogP contribution in [0.1, 0.15) is 17.5 Å². The van der Waals surface area contributed by atoms with E-state index < -0.39 is 0 Å². The highest BCUT2D eigenvalue weighted by atomic mass is 16.3. The number of phenolic OH excluding ortho intramolecular Hbond substituents is 2. The van der Waals surface area contributed by atoms with Gasteiger partial charge in [-0.25, -0.2) is 0 Å². The Morgan fingerprint density at radius 3 is 2.89 bits per heavy atom. The van der Waals surface area contributed by atoms with E-state index in [9.17, 15) is 9.90 Å². The maximum Gasteiger partial charge on any atom is 0.220 e. The summed E-state index contributed by atoms with van der Waals surface area (Å²) in [6, 6.07) is 4.28. The number of H-pyrrole nitrogens is 1. The predicted molar refractivity (Wildman–Crippen MR) is 68.5 cm³/mol. The van der Waals surface area contributed by atoms with Crippen molar-refractivity contribution in [2.45, 2.75) is 19.4 Å². The minimum atomic E-state index is -0.103. The van der Waals surface area contributed by atoms with Gasteiger partial charge >= 0.3 is 0 Å². The van der Waals surface area contributed by atoms with Gasteiger partial charge in [-0.15, -0.1) is 0 Å². The molecular formula is C13H15N3O3. The van der Waals surface area contributed by atoms with Gasteiger partial charge in [0.2, 0.25) is 5.91 Å². The quantitative estimate of drug-likeness (QED) is 0.647. The Labute approximate surface area is 110 Å². The maximum absolute atomic E-state index is 11.6. The van der Waals surface area contributed by atoms with Gasteiger partial charge in [0, 0.05) is 30.8 Å². The molecule has 100 valence electrons. The zero-order chi connectivity index (χ0) is 13.7. The number of nitrogens with zero attached hydrogens (tertiary/aromatic N) is 1. The lowest BCUT2D eigenvalue weighted by molar-refractivity contribution is -0.121. The summed E-state index contributed by atoms with van der Waals surface area (Å²) in [4.78, 5) is 11.6. The number of benzene rings is 1. The standard InChI is InChI=1S/C13H15N3O3/c17-11-3-2-10(12(18)5-11)8-14-13(19)4-1-9-6-15-16-7-9/h2-3,5-7,17-18H,1,4,8H2,(H,14,19)(H,15,16). The molecule has 19 heavy (non-hydrogen) atoms. The summed E-state index contributed by atoms with van der Waals surface area (Å²) in [6.07, 6.45) is 4.40. The molecule has 2 aromatic rings. The Bertz CT molecular complexity index is 552. The molecule has 0 spiro atoms. The van der Waals surface area contributed by atoms with Crippen LogP contribution >= 0.6 is 0 Å². The third-order valence-electron chi connectivity index (χ3n) is 2.74. The molecule has 1 aromatic heterocycles. The summed E-state index contributed by atoms with van der Waals surface area (Å²) in [7, 11) is 0. The van der Waals surface area contributed by atoms with Crippen molar-refractivity contribution in [2.75, 3.05) is 0 Å². The number of hydrogen-bond donors (Lipinski definition) is 4. The Morgan fingerprint density at radius 1 is 1.37 bits per heavy atom. The van der Waals surface area contributed by atoms with Gasteiger partial charge in [0.25, 0.3) is 0 Å². The molecule has 6 heteroatoms. The molecule has 0 saturated carbocycles. The van der Waals surface area contributed by atoms with Crippen molar-refractivity contribution in [1.29, 1.82) is 0 Å². The van der Waals surface area contributed by atoms with Crippen LogP contribution in [0.4, 0.5) is 0 Å². The van der Waals surface area contributed by atoms with Crippen LogP contribution in [0.2, 0.25) is 0 Å². The number of phenols is 2. The molecule has 0 radical (unpaired) electrons. The summed E-state index contributed by atoms with van der Waals surface area (Å²) < 4.78 is 0. The molecule has 0 aliphatic heterocycles. The Hall–Kier alpha value is -2.50. The highest BCUT2D eigenvalue weighted by Crippen LogP contribution is 2.22. The average Bonchev–Trinajstić information content (AvgIpc) is 2.88. The normalized spacial score (nSPS) is 10.3. The molecule has 0 saturated heterocycles. The molecule has 0 atom stereocenters. The smallest absolute Gasteiger partial charge is 0.220 e. The van der Waals surface area contributed by atoms with Crippen LogP contribution in [0.3, 0.4) is 0 Å². The Kier molecular flexibility index (Phi) is 4.02. The fraction of sp³-hybridized carbons (Fsp3) is 0.231. The van der Waals surface area contributed by atoms with Crippen LogP contribution < -0.4 is 5.32 Å². The number of rotatable bonds is 5. The van der Waals surface area contributed by atoms with Gasteiger partial charge in [-0.3, -0.25) is 9.89 Å². The molecule has 0 fully saturated rings. The second kappa shape index (κ2) is 5.90. The van der Waals surface area contributed by atoms with E-state index in [4.69, 9.17) is 5.11 Å². The monoisotopic (exact) mass is 261 g/mol. The third-order valence-corrected chi connectivity index (χ3v) is 2.74. The van der Waals surface area contributed by atoms with E-state index >= 15 is 0 Å². The summed E-state index contributed by atoms with van der Waals surface area (Å²) in [5.41, 5.74) is 1.54. The molecule has 4 N–H and O–H groups in total. The summed E-state index contributed by atoms with van der Waals surface area (Å²) >= 11 is 0. The summed E-state index contributed by atoms with van der Waals surface area (Å²) in [5, 5.41) is 27.9. The number of aryl methyl sites for hydroxylation is 1. The van der Waals surface area contributed by atoms with E-state index in [2.05, 4.69) is 15.5 Å². The van der Waals surface area contributed by atoms with Crippen molar-refractivity contribution in [3.63, 3.8) is 0 Å².